The number of alkyl halides is 3. The number of hydrogen-bond donors (Lipinski definition) is 1. The summed E-state index contributed by atoms with van der Waals surface area (Å²) in [5, 5.41) is 0.237. The average Bonchev–Trinajstić information content (AvgIpc) is 3.49. The molecule has 12 heteroatoms. The van der Waals surface area contributed by atoms with Crippen molar-refractivity contribution in [1.29, 1.82) is 0 Å². The van der Waals surface area contributed by atoms with Gasteiger partial charge in [-0.05, 0) is 36.8 Å². The van der Waals surface area contributed by atoms with Crippen molar-refractivity contribution in [3.8, 4) is 23.0 Å². The quantitative estimate of drug-likeness (QED) is 0.351. The van der Waals surface area contributed by atoms with E-state index in [2.05, 4.69) is 16.5 Å². The lowest BCUT2D eigenvalue weighted by Crippen LogP contribution is -2.26. The Morgan fingerprint density at radius 1 is 1.19 bits per heavy atom. The number of nitrogen functional groups attached to an aromatic ring is 1. The molecule has 1 saturated heterocycles. The van der Waals surface area contributed by atoms with Crippen LogP contribution in [0.5, 0.6) is 11.6 Å². The van der Waals surface area contributed by atoms with Gasteiger partial charge in [0.25, 0.3) is 0 Å². The van der Waals surface area contributed by atoms with E-state index in [1.165, 1.54) is 12.1 Å². The number of aromatic nitrogens is 4. The van der Waals surface area contributed by atoms with Crippen molar-refractivity contribution in [2.24, 2.45) is 0 Å². The van der Waals surface area contributed by atoms with Crippen molar-refractivity contribution in [2.45, 2.75) is 18.5 Å². The third kappa shape index (κ3) is 4.69. The van der Waals surface area contributed by atoms with E-state index in [0.717, 1.165) is 36.0 Å². The lowest BCUT2D eigenvalue weighted by atomic mass is 10.0. The van der Waals surface area contributed by atoms with E-state index in [-0.39, 0.29) is 34.4 Å². The number of likely N-dealkylation sites (tertiary alicyclic amines) is 1. The van der Waals surface area contributed by atoms with Crippen molar-refractivity contribution in [3.63, 3.8) is 0 Å². The van der Waals surface area contributed by atoms with Gasteiger partial charge in [0.2, 0.25) is 17.7 Å². The van der Waals surface area contributed by atoms with Crippen LogP contribution in [0.2, 0.25) is 5.02 Å². The third-order valence-corrected chi connectivity index (χ3v) is 6.45. The second-order valence-electron chi connectivity index (χ2n) is 8.44. The van der Waals surface area contributed by atoms with Crippen LogP contribution in [-0.2, 0) is 11.0 Å². The molecule has 0 spiro atoms. The smallest absolute Gasteiger partial charge is 0.416 e. The predicted octanol–water partition coefficient (Wildman–Crippen LogP) is 5.34. The Hall–Kier alpha value is -4.12. The molecular formula is C25H20ClF3N6O2. The molecular weight excluding hydrogens is 509 g/mol. The second kappa shape index (κ2) is 9.40. The molecule has 5 rings (SSSR count). The molecule has 8 nitrogen and oxygen atoms in total. The maximum atomic E-state index is 13.0. The maximum Gasteiger partial charge on any atom is 0.416 e. The minimum atomic E-state index is -4.52. The Morgan fingerprint density at radius 3 is 2.70 bits per heavy atom. The van der Waals surface area contributed by atoms with Gasteiger partial charge in [0.1, 0.15) is 11.6 Å². The standard InChI is InChI=1S/C25H20ClF3N6O2/c1-2-21(36)34-10-7-14(13-34)22-19-6-9-32-24(30)35(19)23(33-22)17-4-3-16(12-18(17)26)37-20-11-15(5-8-31-20)25(27,28)29/h2-6,8-9,11-12,14H,1,7,10,13H2,(H2,30,32). The predicted molar refractivity (Wildman–Crippen MR) is 131 cm³/mol. The molecule has 3 aromatic heterocycles. The molecule has 0 radical (unpaired) electrons. The summed E-state index contributed by atoms with van der Waals surface area (Å²) in [7, 11) is 0. The van der Waals surface area contributed by atoms with Gasteiger partial charge in [-0.3, -0.25) is 9.20 Å². The van der Waals surface area contributed by atoms with Gasteiger partial charge in [0.15, 0.2) is 0 Å². The lowest BCUT2D eigenvalue weighted by Gasteiger charge is -2.13. The topological polar surface area (TPSA) is 98.6 Å². The summed E-state index contributed by atoms with van der Waals surface area (Å²) in [6.45, 7) is 4.63. The molecule has 0 bridgehead atoms. The number of ether oxygens (including phenoxy) is 1. The number of carbonyl (C=O) groups excluding carboxylic acids is 1. The van der Waals surface area contributed by atoms with E-state index in [4.69, 9.17) is 27.1 Å². The molecule has 1 aromatic carbocycles. The fourth-order valence-electron chi connectivity index (χ4n) is 4.38. The molecule has 0 aliphatic carbocycles. The summed E-state index contributed by atoms with van der Waals surface area (Å²) in [5.74, 6) is 0.456. The summed E-state index contributed by atoms with van der Waals surface area (Å²) in [5.41, 5.74) is 7.34. The Kier molecular flexibility index (Phi) is 6.24. The number of nitrogens with zero attached hydrogens (tertiary/aromatic N) is 5. The van der Waals surface area contributed by atoms with Crippen molar-refractivity contribution < 1.29 is 22.7 Å². The molecule has 1 amide bonds. The van der Waals surface area contributed by atoms with Crippen LogP contribution in [0.4, 0.5) is 19.1 Å². The van der Waals surface area contributed by atoms with Gasteiger partial charge in [0, 0.05) is 49.1 Å². The molecule has 0 saturated carbocycles. The zero-order valence-corrected chi connectivity index (χ0v) is 20.0. The van der Waals surface area contributed by atoms with Gasteiger partial charge >= 0.3 is 6.18 Å². The van der Waals surface area contributed by atoms with Crippen molar-refractivity contribution >= 4 is 29.0 Å². The van der Waals surface area contributed by atoms with Crippen LogP contribution < -0.4 is 10.5 Å². The van der Waals surface area contributed by atoms with Crippen LogP contribution in [0.1, 0.15) is 23.6 Å². The van der Waals surface area contributed by atoms with Gasteiger partial charge in [-0.1, -0.05) is 18.2 Å². The van der Waals surface area contributed by atoms with E-state index in [0.29, 0.717) is 24.5 Å². The zero-order chi connectivity index (χ0) is 26.3. The minimum absolute atomic E-state index is 0.0252. The Labute approximate surface area is 214 Å². The summed E-state index contributed by atoms with van der Waals surface area (Å²) in [6, 6.07) is 8.12. The first-order chi connectivity index (χ1) is 17.7. The Morgan fingerprint density at radius 2 is 1.97 bits per heavy atom. The summed E-state index contributed by atoms with van der Waals surface area (Å²) < 4.78 is 46.2. The fourth-order valence-corrected chi connectivity index (χ4v) is 4.64. The van der Waals surface area contributed by atoms with Crippen LogP contribution >= 0.6 is 11.6 Å². The Bertz CT molecular complexity index is 1520. The first kappa shape index (κ1) is 24.6. The van der Waals surface area contributed by atoms with Crippen LogP contribution in [0.15, 0.2) is 61.4 Å². The number of pyridine rings is 1. The summed E-state index contributed by atoms with van der Waals surface area (Å²) >= 11 is 6.58. The van der Waals surface area contributed by atoms with Gasteiger partial charge in [-0.15, -0.1) is 0 Å². The Balaban J connectivity index is 1.49. The number of fused-ring (bicyclic) bond motifs is 1. The van der Waals surface area contributed by atoms with Gasteiger partial charge in [-0.25, -0.2) is 15.0 Å². The third-order valence-electron chi connectivity index (χ3n) is 6.14. The highest BCUT2D eigenvalue weighted by Gasteiger charge is 2.32. The minimum Gasteiger partial charge on any atom is -0.439 e. The average molecular weight is 529 g/mol. The lowest BCUT2D eigenvalue weighted by molar-refractivity contribution is -0.137. The van der Waals surface area contributed by atoms with Crippen molar-refractivity contribution in [2.75, 3.05) is 18.8 Å². The first-order valence-corrected chi connectivity index (χ1v) is 11.6. The number of halogens is 4. The number of imidazole rings is 1. The van der Waals surface area contributed by atoms with E-state index >= 15 is 0 Å². The molecule has 190 valence electrons. The number of anilines is 1. The molecule has 4 aromatic rings. The second-order valence-corrected chi connectivity index (χ2v) is 8.85. The van der Waals surface area contributed by atoms with E-state index in [1.807, 2.05) is 0 Å². The van der Waals surface area contributed by atoms with Crippen LogP contribution in [-0.4, -0.2) is 43.2 Å². The van der Waals surface area contributed by atoms with Crippen LogP contribution in [0.25, 0.3) is 16.9 Å². The highest BCUT2D eigenvalue weighted by atomic mass is 35.5. The molecule has 1 aliphatic heterocycles. The molecule has 1 unspecified atom stereocenters. The maximum absolute atomic E-state index is 13.0. The fraction of sp³-hybridized carbons (Fsp3) is 0.200. The van der Waals surface area contributed by atoms with Crippen molar-refractivity contribution in [3.05, 3.63) is 77.7 Å². The van der Waals surface area contributed by atoms with Gasteiger partial charge in [0.05, 0.1) is 21.8 Å². The molecule has 2 N–H and O–H groups in total. The van der Waals surface area contributed by atoms with Crippen LogP contribution in [0.3, 0.4) is 0 Å². The zero-order valence-electron chi connectivity index (χ0n) is 19.2. The van der Waals surface area contributed by atoms with Gasteiger partial charge < -0.3 is 15.4 Å². The highest BCUT2D eigenvalue weighted by Crippen LogP contribution is 2.38. The number of rotatable bonds is 5. The number of benzene rings is 1. The normalized spacial score (nSPS) is 15.8. The monoisotopic (exact) mass is 528 g/mol. The number of nitrogens with two attached hydrogens (primary N) is 1. The van der Waals surface area contributed by atoms with E-state index < -0.39 is 11.7 Å². The number of amides is 1. The molecule has 4 heterocycles. The SMILES string of the molecule is C=CC(=O)N1CCC(c2nc(-c3ccc(Oc4cc(C(F)(F)F)ccn4)cc3Cl)n3c(N)nccc23)C1. The first-order valence-electron chi connectivity index (χ1n) is 11.2. The van der Waals surface area contributed by atoms with Gasteiger partial charge in [-0.2, -0.15) is 13.2 Å². The highest BCUT2D eigenvalue weighted by molar-refractivity contribution is 6.33. The summed E-state index contributed by atoms with van der Waals surface area (Å²) in [6.07, 6.45) is 0.0969. The van der Waals surface area contributed by atoms with Crippen LogP contribution in [0, 0.1) is 0 Å². The van der Waals surface area contributed by atoms with E-state index in [1.54, 1.807) is 33.7 Å². The molecule has 1 fully saturated rings. The molecule has 1 aliphatic rings. The molecule has 1 atom stereocenters. The van der Waals surface area contributed by atoms with Crippen molar-refractivity contribution in [1.82, 2.24) is 24.3 Å². The number of carbonyl (C=O) groups is 1. The largest absolute Gasteiger partial charge is 0.439 e. The number of hydrogen-bond acceptors (Lipinski definition) is 6. The summed E-state index contributed by atoms with van der Waals surface area (Å²) in [4.78, 5) is 26.7. The molecule has 37 heavy (non-hydrogen) atoms. The van der Waals surface area contributed by atoms with E-state index in [9.17, 15) is 18.0 Å².